The SMILES string of the molecule is CN(C1CCCCC1)S(=O)(=O)c1ccc(N)cc1C(=O)O. The molecule has 0 aromatic heterocycles. The lowest BCUT2D eigenvalue weighted by molar-refractivity contribution is 0.0692. The molecular weight excluding hydrogens is 292 g/mol. The number of aromatic carboxylic acids is 1. The minimum Gasteiger partial charge on any atom is -0.478 e. The average molecular weight is 312 g/mol. The molecule has 1 saturated carbocycles. The van der Waals surface area contributed by atoms with Crippen molar-refractivity contribution in [2.75, 3.05) is 12.8 Å². The summed E-state index contributed by atoms with van der Waals surface area (Å²) in [5, 5.41) is 9.21. The molecule has 0 aliphatic heterocycles. The smallest absolute Gasteiger partial charge is 0.337 e. The monoisotopic (exact) mass is 312 g/mol. The number of nitrogens with zero attached hydrogens (tertiary/aromatic N) is 1. The molecule has 1 fully saturated rings. The number of carboxylic acid groups (broad SMARTS) is 1. The van der Waals surface area contributed by atoms with Crippen molar-refractivity contribution in [3.05, 3.63) is 23.8 Å². The highest BCUT2D eigenvalue weighted by atomic mass is 32.2. The van der Waals surface area contributed by atoms with E-state index in [4.69, 9.17) is 5.73 Å². The fourth-order valence-corrected chi connectivity index (χ4v) is 4.31. The summed E-state index contributed by atoms with van der Waals surface area (Å²) in [5.41, 5.74) is 5.50. The van der Waals surface area contributed by atoms with Gasteiger partial charge in [-0.05, 0) is 31.0 Å². The van der Waals surface area contributed by atoms with Crippen LogP contribution in [0.15, 0.2) is 23.1 Å². The first-order valence-corrected chi connectivity index (χ1v) is 8.39. The molecule has 0 bridgehead atoms. The number of nitrogens with two attached hydrogens (primary N) is 1. The fraction of sp³-hybridized carbons (Fsp3) is 0.500. The minimum absolute atomic E-state index is 0.0667. The highest BCUT2D eigenvalue weighted by Crippen LogP contribution is 2.28. The molecule has 0 saturated heterocycles. The summed E-state index contributed by atoms with van der Waals surface area (Å²) in [6.45, 7) is 0. The summed E-state index contributed by atoms with van der Waals surface area (Å²) in [6, 6.07) is 3.80. The third kappa shape index (κ3) is 3.19. The number of nitrogen functional groups attached to an aromatic ring is 1. The van der Waals surface area contributed by atoms with Crippen LogP contribution in [0.25, 0.3) is 0 Å². The van der Waals surface area contributed by atoms with Crippen LogP contribution in [0.5, 0.6) is 0 Å². The van der Waals surface area contributed by atoms with Crippen LogP contribution in [-0.2, 0) is 10.0 Å². The van der Waals surface area contributed by atoms with Crippen molar-refractivity contribution in [2.45, 2.75) is 43.0 Å². The van der Waals surface area contributed by atoms with Gasteiger partial charge in [-0.25, -0.2) is 13.2 Å². The number of carbonyl (C=O) groups is 1. The molecule has 21 heavy (non-hydrogen) atoms. The number of benzene rings is 1. The topological polar surface area (TPSA) is 101 Å². The van der Waals surface area contributed by atoms with E-state index in [0.29, 0.717) is 0 Å². The van der Waals surface area contributed by atoms with Crippen molar-refractivity contribution < 1.29 is 18.3 Å². The van der Waals surface area contributed by atoms with Gasteiger partial charge < -0.3 is 10.8 Å². The average Bonchev–Trinajstić information content (AvgIpc) is 2.47. The molecule has 0 atom stereocenters. The highest BCUT2D eigenvalue weighted by molar-refractivity contribution is 7.89. The van der Waals surface area contributed by atoms with Crippen molar-refractivity contribution in [3.63, 3.8) is 0 Å². The summed E-state index contributed by atoms with van der Waals surface area (Å²) in [6.07, 6.45) is 4.74. The molecule has 116 valence electrons. The number of hydrogen-bond acceptors (Lipinski definition) is 4. The molecule has 0 spiro atoms. The van der Waals surface area contributed by atoms with Crippen LogP contribution < -0.4 is 5.73 Å². The first-order valence-electron chi connectivity index (χ1n) is 6.95. The molecule has 1 aliphatic rings. The van der Waals surface area contributed by atoms with E-state index in [1.807, 2.05) is 0 Å². The summed E-state index contributed by atoms with van der Waals surface area (Å²) in [4.78, 5) is 11.1. The third-order valence-corrected chi connectivity index (χ3v) is 5.95. The largest absolute Gasteiger partial charge is 0.478 e. The summed E-state index contributed by atoms with van der Waals surface area (Å²) in [5.74, 6) is -1.29. The van der Waals surface area contributed by atoms with Gasteiger partial charge in [0, 0.05) is 18.8 Å². The summed E-state index contributed by atoms with van der Waals surface area (Å²) >= 11 is 0. The molecule has 0 heterocycles. The van der Waals surface area contributed by atoms with Crippen molar-refractivity contribution >= 4 is 21.7 Å². The number of carboxylic acids is 1. The Labute approximate surface area is 124 Å². The number of anilines is 1. The lowest BCUT2D eigenvalue weighted by Crippen LogP contribution is -2.38. The third-order valence-electron chi connectivity index (χ3n) is 3.98. The van der Waals surface area contributed by atoms with E-state index >= 15 is 0 Å². The molecule has 1 aromatic carbocycles. The van der Waals surface area contributed by atoms with E-state index in [0.717, 1.165) is 32.1 Å². The molecular formula is C14H20N2O4S. The van der Waals surface area contributed by atoms with E-state index < -0.39 is 16.0 Å². The van der Waals surface area contributed by atoms with Gasteiger partial charge in [0.15, 0.2) is 0 Å². The van der Waals surface area contributed by atoms with Gasteiger partial charge >= 0.3 is 5.97 Å². The van der Waals surface area contributed by atoms with Crippen molar-refractivity contribution in [1.82, 2.24) is 4.31 Å². The zero-order valence-electron chi connectivity index (χ0n) is 11.9. The maximum Gasteiger partial charge on any atom is 0.337 e. The second-order valence-corrected chi connectivity index (χ2v) is 7.34. The van der Waals surface area contributed by atoms with E-state index in [1.54, 1.807) is 0 Å². The molecule has 3 N–H and O–H groups in total. The van der Waals surface area contributed by atoms with Gasteiger partial charge in [-0.15, -0.1) is 0 Å². The van der Waals surface area contributed by atoms with Gasteiger partial charge in [-0.3, -0.25) is 0 Å². The van der Waals surface area contributed by atoms with Crippen molar-refractivity contribution in [1.29, 1.82) is 0 Å². The molecule has 2 rings (SSSR count). The Bertz CT molecular complexity index is 636. The fourth-order valence-electron chi connectivity index (χ4n) is 2.74. The lowest BCUT2D eigenvalue weighted by Gasteiger charge is -2.30. The van der Waals surface area contributed by atoms with E-state index in [9.17, 15) is 18.3 Å². The van der Waals surface area contributed by atoms with Crippen LogP contribution >= 0.6 is 0 Å². The van der Waals surface area contributed by atoms with Gasteiger partial charge in [0.1, 0.15) is 0 Å². The first kappa shape index (κ1) is 15.8. The lowest BCUT2D eigenvalue weighted by atomic mass is 9.96. The second-order valence-electron chi connectivity index (χ2n) is 5.37. The zero-order chi connectivity index (χ0) is 15.6. The van der Waals surface area contributed by atoms with Crippen molar-refractivity contribution in [3.8, 4) is 0 Å². The van der Waals surface area contributed by atoms with Crippen molar-refractivity contribution in [2.24, 2.45) is 0 Å². The van der Waals surface area contributed by atoms with Gasteiger partial charge in [0.25, 0.3) is 0 Å². The Morgan fingerprint density at radius 2 is 1.90 bits per heavy atom. The molecule has 7 heteroatoms. The molecule has 0 radical (unpaired) electrons. The van der Waals surface area contributed by atoms with Gasteiger partial charge in [-0.2, -0.15) is 4.31 Å². The Balaban J connectivity index is 2.41. The van der Waals surface area contributed by atoms with Crippen LogP contribution in [0.2, 0.25) is 0 Å². The van der Waals surface area contributed by atoms with Crippen LogP contribution in [0.3, 0.4) is 0 Å². The molecule has 0 amide bonds. The van der Waals surface area contributed by atoms with Gasteiger partial charge in [-0.1, -0.05) is 19.3 Å². The van der Waals surface area contributed by atoms with Gasteiger partial charge in [0.05, 0.1) is 10.5 Å². The zero-order valence-corrected chi connectivity index (χ0v) is 12.8. The van der Waals surface area contributed by atoms with E-state index in [1.165, 1.54) is 29.6 Å². The highest BCUT2D eigenvalue weighted by Gasteiger charge is 2.32. The predicted molar refractivity (Wildman–Crippen MR) is 79.6 cm³/mol. The quantitative estimate of drug-likeness (QED) is 0.827. The molecule has 6 nitrogen and oxygen atoms in total. The normalized spacial score (nSPS) is 17.0. The van der Waals surface area contributed by atoms with Crippen LogP contribution in [0.1, 0.15) is 42.5 Å². The van der Waals surface area contributed by atoms with Crippen LogP contribution in [-0.4, -0.2) is 36.9 Å². The maximum absolute atomic E-state index is 12.7. The predicted octanol–water partition coefficient (Wildman–Crippen LogP) is 1.92. The number of sulfonamides is 1. The van der Waals surface area contributed by atoms with E-state index in [-0.39, 0.29) is 22.2 Å². The summed E-state index contributed by atoms with van der Waals surface area (Å²) < 4.78 is 26.7. The number of hydrogen-bond donors (Lipinski definition) is 2. The summed E-state index contributed by atoms with van der Waals surface area (Å²) in [7, 11) is -2.31. The molecule has 1 aliphatic carbocycles. The minimum atomic E-state index is -3.83. The van der Waals surface area contributed by atoms with E-state index in [2.05, 4.69) is 0 Å². The van der Waals surface area contributed by atoms with Gasteiger partial charge in [0.2, 0.25) is 10.0 Å². The standard InChI is InChI=1S/C14H20N2O4S/c1-16(11-5-3-2-4-6-11)21(19,20)13-8-7-10(15)9-12(13)14(17)18/h7-9,11H,2-6,15H2,1H3,(H,17,18). The Hall–Kier alpha value is -1.60. The second kappa shape index (κ2) is 6.03. The maximum atomic E-state index is 12.7. The molecule has 0 unspecified atom stereocenters. The number of rotatable bonds is 4. The Kier molecular flexibility index (Phi) is 4.53. The molecule has 1 aromatic rings. The van der Waals surface area contributed by atoms with Crippen LogP contribution in [0.4, 0.5) is 5.69 Å². The Morgan fingerprint density at radius 1 is 1.29 bits per heavy atom. The Morgan fingerprint density at radius 3 is 2.48 bits per heavy atom. The first-order chi connectivity index (χ1) is 9.84. The van der Waals surface area contributed by atoms with Crippen LogP contribution in [0, 0.1) is 0 Å².